The lowest BCUT2D eigenvalue weighted by Crippen LogP contribution is -2.39. The van der Waals surface area contributed by atoms with Crippen molar-refractivity contribution in [2.75, 3.05) is 0 Å². The molecule has 0 aromatic carbocycles. The van der Waals surface area contributed by atoms with E-state index in [1.165, 1.54) is 0 Å². The molecule has 0 saturated heterocycles. The molecule has 1 rings (SSSR count). The molecule has 8 nitrogen and oxygen atoms in total. The summed E-state index contributed by atoms with van der Waals surface area (Å²) in [4.78, 5) is 45.1. The smallest absolute Gasteiger partial charge is 0.335 e. The van der Waals surface area contributed by atoms with Crippen molar-refractivity contribution in [3.8, 4) is 0 Å². The first-order chi connectivity index (χ1) is 7.82. The van der Waals surface area contributed by atoms with Crippen LogP contribution in [0.1, 0.15) is 11.2 Å². The lowest BCUT2D eigenvalue weighted by Gasteiger charge is -2.06. The van der Waals surface area contributed by atoms with Crippen molar-refractivity contribution < 1.29 is 19.1 Å². The number of nitrogens with one attached hydrogen (secondary N) is 1. The van der Waals surface area contributed by atoms with Crippen molar-refractivity contribution in [1.82, 2.24) is 9.55 Å². The molecular formula is C8H8FN3O5. The first kappa shape index (κ1) is 12.8. The summed E-state index contributed by atoms with van der Waals surface area (Å²) in [6.45, 7) is 0. The number of aromatic nitrogens is 2. The van der Waals surface area contributed by atoms with Gasteiger partial charge in [-0.05, 0) is 0 Å². The molecule has 1 heterocycles. The Bertz CT molecular complexity index is 575. The molecule has 0 amide bonds. The number of nitrogens with two attached hydrogens (primary N) is 1. The second kappa shape index (κ2) is 4.70. The fraction of sp³-hybridized carbons (Fsp3) is 0.250. The molecular weight excluding hydrogens is 237 g/mol. The zero-order valence-electron chi connectivity index (χ0n) is 8.34. The predicted octanol–water partition coefficient (Wildman–Crippen LogP) is -1.88. The van der Waals surface area contributed by atoms with Crippen LogP contribution in [0.2, 0.25) is 0 Å². The SMILES string of the molecule is NC(CC(=O)n1cc(F)c(=O)[nH]c1=O)C(=O)O. The van der Waals surface area contributed by atoms with Gasteiger partial charge in [-0.1, -0.05) is 0 Å². The third-order valence-corrected chi connectivity index (χ3v) is 1.88. The van der Waals surface area contributed by atoms with Crippen LogP contribution in [0.15, 0.2) is 15.8 Å². The van der Waals surface area contributed by atoms with E-state index in [0.717, 1.165) is 0 Å². The van der Waals surface area contributed by atoms with Crippen LogP contribution in [-0.4, -0.2) is 32.6 Å². The minimum atomic E-state index is -1.51. The third kappa shape index (κ3) is 2.84. The van der Waals surface area contributed by atoms with Crippen LogP contribution in [0.3, 0.4) is 0 Å². The van der Waals surface area contributed by atoms with Gasteiger partial charge in [-0.2, -0.15) is 4.39 Å². The summed E-state index contributed by atoms with van der Waals surface area (Å²) in [6.07, 6.45) is -0.307. The number of carboxylic acid groups (broad SMARTS) is 1. The molecule has 9 heteroatoms. The van der Waals surface area contributed by atoms with Gasteiger partial charge < -0.3 is 10.8 Å². The second-order valence-electron chi connectivity index (χ2n) is 3.15. The molecule has 1 unspecified atom stereocenters. The maximum absolute atomic E-state index is 12.8. The maximum Gasteiger partial charge on any atom is 0.335 e. The van der Waals surface area contributed by atoms with E-state index in [4.69, 9.17) is 10.8 Å². The average molecular weight is 245 g/mol. The molecule has 4 N–H and O–H groups in total. The van der Waals surface area contributed by atoms with Gasteiger partial charge in [0, 0.05) is 0 Å². The van der Waals surface area contributed by atoms with Crippen LogP contribution >= 0.6 is 0 Å². The summed E-state index contributed by atoms with van der Waals surface area (Å²) in [7, 11) is 0. The summed E-state index contributed by atoms with van der Waals surface area (Å²) in [5.41, 5.74) is 2.66. The van der Waals surface area contributed by atoms with Crippen molar-refractivity contribution in [3.63, 3.8) is 0 Å². The predicted molar refractivity (Wildman–Crippen MR) is 52.1 cm³/mol. The van der Waals surface area contributed by atoms with Crippen LogP contribution in [0.5, 0.6) is 0 Å². The number of carboxylic acids is 1. The number of halogens is 1. The fourth-order valence-corrected chi connectivity index (χ4v) is 1.01. The van der Waals surface area contributed by atoms with Crippen molar-refractivity contribution in [2.24, 2.45) is 5.73 Å². The van der Waals surface area contributed by atoms with E-state index in [1.807, 2.05) is 0 Å². The number of carbonyl (C=O) groups excluding carboxylic acids is 1. The number of rotatable bonds is 3. The quantitative estimate of drug-likeness (QED) is 0.570. The van der Waals surface area contributed by atoms with Gasteiger partial charge in [0.2, 0.25) is 11.7 Å². The van der Waals surface area contributed by atoms with E-state index in [2.05, 4.69) is 0 Å². The maximum atomic E-state index is 12.8. The first-order valence-electron chi connectivity index (χ1n) is 4.36. The highest BCUT2D eigenvalue weighted by Gasteiger charge is 2.19. The molecule has 1 aromatic rings. The molecule has 0 bridgehead atoms. The Morgan fingerprint density at radius 3 is 2.65 bits per heavy atom. The minimum absolute atomic E-state index is 0.263. The number of nitrogens with zero attached hydrogens (tertiary/aromatic N) is 1. The fourth-order valence-electron chi connectivity index (χ4n) is 1.01. The molecule has 0 fully saturated rings. The van der Waals surface area contributed by atoms with Crippen LogP contribution in [0, 0.1) is 5.82 Å². The van der Waals surface area contributed by atoms with Gasteiger partial charge in [-0.25, -0.2) is 9.36 Å². The first-order valence-corrected chi connectivity index (χ1v) is 4.36. The highest BCUT2D eigenvalue weighted by molar-refractivity contribution is 5.85. The zero-order chi connectivity index (χ0) is 13.2. The molecule has 1 atom stereocenters. The van der Waals surface area contributed by atoms with Gasteiger partial charge >= 0.3 is 11.7 Å². The van der Waals surface area contributed by atoms with Gasteiger partial charge in [-0.15, -0.1) is 0 Å². The summed E-state index contributed by atoms with van der Waals surface area (Å²) < 4.78 is 13.1. The largest absolute Gasteiger partial charge is 0.480 e. The summed E-state index contributed by atoms with van der Waals surface area (Å²) in [6, 6.07) is -1.51. The number of carbonyl (C=O) groups is 2. The Hall–Kier alpha value is -2.29. The van der Waals surface area contributed by atoms with Crippen molar-refractivity contribution in [3.05, 3.63) is 32.9 Å². The minimum Gasteiger partial charge on any atom is -0.480 e. The Morgan fingerprint density at radius 2 is 2.12 bits per heavy atom. The molecule has 0 aliphatic heterocycles. The Kier molecular flexibility index (Phi) is 3.53. The van der Waals surface area contributed by atoms with Gasteiger partial charge in [-0.3, -0.25) is 19.4 Å². The summed E-state index contributed by atoms with van der Waals surface area (Å²) in [5, 5.41) is 8.45. The summed E-state index contributed by atoms with van der Waals surface area (Å²) >= 11 is 0. The van der Waals surface area contributed by atoms with Crippen molar-refractivity contribution in [2.45, 2.75) is 12.5 Å². The van der Waals surface area contributed by atoms with Gasteiger partial charge in [0.15, 0.2) is 0 Å². The van der Waals surface area contributed by atoms with E-state index < -0.39 is 41.4 Å². The Labute approximate surface area is 92.5 Å². The van der Waals surface area contributed by atoms with E-state index in [1.54, 1.807) is 4.98 Å². The van der Waals surface area contributed by atoms with Crippen molar-refractivity contribution in [1.29, 1.82) is 0 Å². The Balaban J connectivity index is 3.06. The highest BCUT2D eigenvalue weighted by Crippen LogP contribution is 1.93. The molecule has 1 aromatic heterocycles. The number of hydrogen-bond acceptors (Lipinski definition) is 5. The second-order valence-corrected chi connectivity index (χ2v) is 3.15. The molecule has 0 aliphatic carbocycles. The van der Waals surface area contributed by atoms with E-state index in [9.17, 15) is 23.6 Å². The number of H-pyrrole nitrogens is 1. The van der Waals surface area contributed by atoms with E-state index in [0.29, 0.717) is 6.20 Å². The molecule has 0 radical (unpaired) electrons. The molecule has 0 spiro atoms. The molecule has 92 valence electrons. The lowest BCUT2D eigenvalue weighted by molar-refractivity contribution is -0.138. The standard InChI is InChI=1S/C8H8FN3O5/c9-3-2-12(8(17)11-6(3)14)5(13)1-4(10)7(15)16/h2,4H,1,10H2,(H,15,16)(H,11,14,17). The van der Waals surface area contributed by atoms with Gasteiger partial charge in [0.05, 0.1) is 12.6 Å². The van der Waals surface area contributed by atoms with Crippen LogP contribution in [0.4, 0.5) is 4.39 Å². The number of aliphatic carboxylic acids is 1. The van der Waals surface area contributed by atoms with Gasteiger partial charge in [0.25, 0.3) is 5.56 Å². The molecule has 17 heavy (non-hydrogen) atoms. The van der Waals surface area contributed by atoms with Gasteiger partial charge in [0.1, 0.15) is 6.04 Å². The zero-order valence-corrected chi connectivity index (χ0v) is 8.34. The van der Waals surface area contributed by atoms with Crippen molar-refractivity contribution >= 4 is 11.9 Å². The Morgan fingerprint density at radius 1 is 1.53 bits per heavy atom. The summed E-state index contributed by atoms with van der Waals surface area (Å²) in [5.74, 6) is -3.79. The monoisotopic (exact) mass is 245 g/mol. The normalized spacial score (nSPS) is 12.1. The highest BCUT2D eigenvalue weighted by atomic mass is 19.1. The number of hydrogen-bond donors (Lipinski definition) is 3. The van der Waals surface area contributed by atoms with Crippen LogP contribution in [0.25, 0.3) is 0 Å². The van der Waals surface area contributed by atoms with Crippen LogP contribution < -0.4 is 17.0 Å². The van der Waals surface area contributed by atoms with E-state index in [-0.39, 0.29) is 4.57 Å². The average Bonchev–Trinajstić information content (AvgIpc) is 2.22. The number of aromatic amines is 1. The van der Waals surface area contributed by atoms with Crippen LogP contribution in [-0.2, 0) is 4.79 Å². The third-order valence-electron chi connectivity index (χ3n) is 1.88. The van der Waals surface area contributed by atoms with E-state index >= 15 is 0 Å². The molecule has 0 aliphatic rings. The molecule has 0 saturated carbocycles. The topological polar surface area (TPSA) is 135 Å². The lowest BCUT2D eigenvalue weighted by atomic mass is 10.2.